The van der Waals surface area contributed by atoms with Crippen LogP contribution in [0.1, 0.15) is 27.7 Å². The van der Waals surface area contributed by atoms with Crippen molar-refractivity contribution in [2.75, 3.05) is 0 Å². The fourth-order valence-corrected chi connectivity index (χ4v) is 0.539. The second-order valence-electron chi connectivity index (χ2n) is 3.04. The molecule has 0 atom stereocenters. The molecule has 0 aliphatic carbocycles. The minimum atomic E-state index is -0.117. The largest absolute Gasteiger partial charge is 0.349 e. The number of carbonyl (C=O) groups is 1. The molecule has 0 spiro atoms. The van der Waals surface area contributed by atoms with Crippen molar-refractivity contribution in [3.05, 3.63) is 0 Å². The number of rotatable bonds is 3. The van der Waals surface area contributed by atoms with Gasteiger partial charge in [-0.25, -0.2) is 0 Å². The molecular weight excluding hydrogens is 140 g/mol. The van der Waals surface area contributed by atoms with Gasteiger partial charge >= 0.3 is 0 Å². The zero-order chi connectivity index (χ0) is 8.85. The summed E-state index contributed by atoms with van der Waals surface area (Å²) in [5.74, 6) is -0.117. The van der Waals surface area contributed by atoms with Crippen LogP contribution < -0.4 is 5.32 Å². The molecule has 11 heavy (non-hydrogen) atoms. The number of hydrogen-bond donors (Lipinski definition) is 1. The topological polar surface area (TPSA) is 41.5 Å². The molecule has 0 aliphatic rings. The number of amides is 1. The average Bonchev–Trinajstić information content (AvgIpc) is 1.82. The molecule has 0 heterocycles. The van der Waals surface area contributed by atoms with Crippen molar-refractivity contribution >= 4 is 12.1 Å². The lowest BCUT2D eigenvalue weighted by Gasteiger charge is -2.03. The Hall–Kier alpha value is -0.860. The van der Waals surface area contributed by atoms with E-state index in [-0.39, 0.29) is 18.0 Å². The maximum Gasteiger partial charge on any atom is 0.262 e. The second kappa shape index (κ2) is 4.88. The molecule has 0 saturated heterocycles. The molecule has 0 aromatic rings. The quantitative estimate of drug-likeness (QED) is 0.608. The van der Waals surface area contributed by atoms with E-state index in [0.29, 0.717) is 0 Å². The van der Waals surface area contributed by atoms with Crippen molar-refractivity contribution in [1.82, 2.24) is 5.32 Å². The molecule has 0 fully saturated rings. The molecule has 0 rings (SSSR count). The maximum atomic E-state index is 10.9. The summed E-state index contributed by atoms with van der Waals surface area (Å²) in [6, 6.07) is 0.369. The summed E-state index contributed by atoms with van der Waals surface area (Å²) in [6.07, 6.45) is 1.34. The summed E-state index contributed by atoms with van der Waals surface area (Å²) in [6.45, 7) is 7.69. The molecule has 3 nitrogen and oxygen atoms in total. The lowest BCUT2D eigenvalue weighted by atomic mass is 10.4. The molecule has 0 saturated carbocycles. The van der Waals surface area contributed by atoms with Crippen molar-refractivity contribution in [2.45, 2.75) is 39.8 Å². The molecule has 64 valence electrons. The van der Waals surface area contributed by atoms with Gasteiger partial charge < -0.3 is 5.32 Å². The van der Waals surface area contributed by atoms with Crippen LogP contribution in [0.25, 0.3) is 0 Å². The van der Waals surface area contributed by atoms with E-state index in [1.54, 1.807) is 0 Å². The number of carbonyl (C=O) groups excluding carboxylic acids is 1. The van der Waals surface area contributed by atoms with E-state index in [2.05, 4.69) is 10.3 Å². The first-order chi connectivity index (χ1) is 5.02. The summed E-state index contributed by atoms with van der Waals surface area (Å²) in [4.78, 5) is 14.8. The predicted octanol–water partition coefficient (Wildman–Crippen LogP) is 0.990. The van der Waals surface area contributed by atoms with E-state index in [9.17, 15) is 4.79 Å². The van der Waals surface area contributed by atoms with Gasteiger partial charge in [0.15, 0.2) is 0 Å². The van der Waals surface area contributed by atoms with Crippen LogP contribution in [0.4, 0.5) is 0 Å². The normalized spacial score (nSPS) is 11.5. The maximum absolute atomic E-state index is 10.9. The number of nitrogens with one attached hydrogen (secondary N) is 1. The highest BCUT2D eigenvalue weighted by Gasteiger charge is 1.97. The van der Waals surface area contributed by atoms with Crippen LogP contribution in [0.15, 0.2) is 4.99 Å². The zero-order valence-electron chi connectivity index (χ0n) is 7.59. The van der Waals surface area contributed by atoms with Gasteiger partial charge in [-0.15, -0.1) is 0 Å². The Morgan fingerprint density at radius 3 is 2.27 bits per heavy atom. The Balaban J connectivity index is 3.69. The van der Waals surface area contributed by atoms with Crippen molar-refractivity contribution in [2.24, 2.45) is 4.99 Å². The summed E-state index contributed by atoms with van der Waals surface area (Å²) in [5.41, 5.74) is 0. The molecule has 0 bridgehead atoms. The van der Waals surface area contributed by atoms with Gasteiger partial charge in [-0.1, -0.05) is 0 Å². The Kier molecular flexibility index (Phi) is 4.50. The average molecular weight is 156 g/mol. The lowest BCUT2D eigenvalue weighted by Crippen LogP contribution is -2.31. The molecule has 0 aromatic heterocycles. The van der Waals surface area contributed by atoms with Gasteiger partial charge in [-0.3, -0.25) is 9.79 Å². The van der Waals surface area contributed by atoms with Crippen molar-refractivity contribution in [1.29, 1.82) is 0 Å². The first-order valence-electron chi connectivity index (χ1n) is 3.86. The Bertz CT molecular complexity index is 150. The van der Waals surface area contributed by atoms with E-state index in [4.69, 9.17) is 0 Å². The molecule has 3 heteroatoms. The number of nitrogens with zero attached hydrogens (tertiary/aromatic N) is 1. The van der Waals surface area contributed by atoms with Crippen molar-refractivity contribution in [3.8, 4) is 0 Å². The zero-order valence-corrected chi connectivity index (χ0v) is 7.59. The third kappa shape index (κ3) is 7.03. The van der Waals surface area contributed by atoms with E-state index < -0.39 is 0 Å². The highest BCUT2D eigenvalue weighted by atomic mass is 16.1. The molecule has 0 radical (unpaired) electrons. The molecule has 0 aliphatic heterocycles. The Labute approximate surface area is 67.9 Å². The van der Waals surface area contributed by atoms with Crippen LogP contribution in [0, 0.1) is 0 Å². The fourth-order valence-electron chi connectivity index (χ4n) is 0.539. The van der Waals surface area contributed by atoms with Gasteiger partial charge in [0.2, 0.25) is 0 Å². The minimum absolute atomic E-state index is 0.117. The first-order valence-corrected chi connectivity index (χ1v) is 3.86. The van der Waals surface area contributed by atoms with Crippen LogP contribution in [0.3, 0.4) is 0 Å². The Morgan fingerprint density at radius 2 is 1.91 bits per heavy atom. The van der Waals surface area contributed by atoms with Crippen LogP contribution in [-0.2, 0) is 4.79 Å². The van der Waals surface area contributed by atoms with Crippen LogP contribution in [0.5, 0.6) is 0 Å². The predicted molar refractivity (Wildman–Crippen MR) is 46.9 cm³/mol. The standard InChI is InChI=1S/C8H16N2O/c1-6(2)9-5-8(11)10-7(3)4/h5-7H,1-4H3,(H,10,11). The molecule has 1 N–H and O–H groups in total. The summed E-state index contributed by atoms with van der Waals surface area (Å²) in [7, 11) is 0. The third-order valence-corrected chi connectivity index (χ3v) is 0.921. The van der Waals surface area contributed by atoms with E-state index in [1.165, 1.54) is 6.21 Å². The van der Waals surface area contributed by atoms with Gasteiger partial charge in [0, 0.05) is 12.1 Å². The Morgan fingerprint density at radius 1 is 1.36 bits per heavy atom. The monoisotopic (exact) mass is 156 g/mol. The summed E-state index contributed by atoms with van der Waals surface area (Å²) in [5, 5.41) is 2.71. The smallest absolute Gasteiger partial charge is 0.262 e. The minimum Gasteiger partial charge on any atom is -0.349 e. The lowest BCUT2D eigenvalue weighted by molar-refractivity contribution is -0.114. The second-order valence-corrected chi connectivity index (χ2v) is 3.04. The van der Waals surface area contributed by atoms with Crippen molar-refractivity contribution < 1.29 is 4.79 Å². The van der Waals surface area contributed by atoms with Crippen LogP contribution in [-0.4, -0.2) is 24.2 Å². The molecule has 0 unspecified atom stereocenters. The molecule has 1 amide bonds. The van der Waals surface area contributed by atoms with Gasteiger partial charge in [-0.2, -0.15) is 0 Å². The van der Waals surface area contributed by atoms with Crippen LogP contribution in [0.2, 0.25) is 0 Å². The van der Waals surface area contributed by atoms with Gasteiger partial charge in [-0.05, 0) is 27.7 Å². The molecular formula is C8H16N2O. The summed E-state index contributed by atoms with van der Waals surface area (Å²) < 4.78 is 0. The van der Waals surface area contributed by atoms with Gasteiger partial charge in [0.05, 0.1) is 6.21 Å². The molecule has 0 aromatic carbocycles. The van der Waals surface area contributed by atoms with E-state index >= 15 is 0 Å². The summed E-state index contributed by atoms with van der Waals surface area (Å²) >= 11 is 0. The van der Waals surface area contributed by atoms with Crippen LogP contribution >= 0.6 is 0 Å². The highest BCUT2D eigenvalue weighted by Crippen LogP contribution is 1.82. The highest BCUT2D eigenvalue weighted by molar-refractivity contribution is 6.26. The fraction of sp³-hybridized carbons (Fsp3) is 0.750. The van der Waals surface area contributed by atoms with Crippen molar-refractivity contribution in [3.63, 3.8) is 0 Å². The third-order valence-electron chi connectivity index (χ3n) is 0.921. The number of hydrogen-bond acceptors (Lipinski definition) is 2. The number of aliphatic imine (C=N–C) groups is 1. The van der Waals surface area contributed by atoms with Gasteiger partial charge in [0.25, 0.3) is 5.91 Å². The van der Waals surface area contributed by atoms with E-state index in [0.717, 1.165) is 0 Å². The van der Waals surface area contributed by atoms with E-state index in [1.807, 2.05) is 27.7 Å². The SMILES string of the molecule is CC(C)N=CC(=O)NC(C)C. The van der Waals surface area contributed by atoms with Gasteiger partial charge in [0.1, 0.15) is 0 Å². The first kappa shape index (κ1) is 10.1.